The van der Waals surface area contributed by atoms with Crippen LogP contribution in [0.4, 0.5) is 20.3 Å². The van der Waals surface area contributed by atoms with Gasteiger partial charge in [0.05, 0.1) is 17.8 Å². The van der Waals surface area contributed by atoms with Gasteiger partial charge in [-0.1, -0.05) is 13.0 Å². The third-order valence-corrected chi connectivity index (χ3v) is 5.14. The van der Waals surface area contributed by atoms with Gasteiger partial charge in [-0.2, -0.15) is 0 Å². The van der Waals surface area contributed by atoms with E-state index in [1.807, 2.05) is 6.92 Å². The molecule has 0 aromatic carbocycles. The number of amides is 1. The summed E-state index contributed by atoms with van der Waals surface area (Å²) in [4.78, 5) is 25.4. The highest BCUT2D eigenvalue weighted by Crippen LogP contribution is 2.26. The van der Waals surface area contributed by atoms with Crippen molar-refractivity contribution < 1.29 is 18.0 Å². The Labute approximate surface area is 202 Å². The van der Waals surface area contributed by atoms with Gasteiger partial charge >= 0.3 is 0 Å². The summed E-state index contributed by atoms with van der Waals surface area (Å²) in [5, 5.41) is 18.0. The molecule has 0 aliphatic rings. The van der Waals surface area contributed by atoms with Crippen LogP contribution >= 0.6 is 0 Å². The summed E-state index contributed by atoms with van der Waals surface area (Å²) in [5.74, 6) is 0.819. The summed E-state index contributed by atoms with van der Waals surface area (Å²) in [6, 6.07) is 9.41. The average Bonchev–Trinajstić information content (AvgIpc) is 3.57. The van der Waals surface area contributed by atoms with E-state index in [0.717, 1.165) is 0 Å². The van der Waals surface area contributed by atoms with Gasteiger partial charge in [0.25, 0.3) is 12.3 Å². The summed E-state index contributed by atoms with van der Waals surface area (Å²) < 4.78 is 33.3. The number of fused-ring (bicyclic) bond motifs is 1. The van der Waals surface area contributed by atoms with Crippen molar-refractivity contribution in [1.29, 1.82) is 0 Å². The van der Waals surface area contributed by atoms with Crippen LogP contribution in [0.2, 0.25) is 0 Å². The minimum atomic E-state index is -2.73. The summed E-state index contributed by atoms with van der Waals surface area (Å²) in [6.07, 6.45) is 2.49. The molecule has 5 aromatic rings. The van der Waals surface area contributed by atoms with Crippen LogP contribution in [-0.2, 0) is 13.0 Å². The van der Waals surface area contributed by atoms with Crippen molar-refractivity contribution in [1.82, 2.24) is 40.1 Å². The maximum absolute atomic E-state index is 13.2. The third kappa shape index (κ3) is 4.71. The van der Waals surface area contributed by atoms with Crippen molar-refractivity contribution in [3.63, 3.8) is 0 Å². The lowest BCUT2D eigenvalue weighted by molar-refractivity contribution is 0.0947. The van der Waals surface area contributed by atoms with Gasteiger partial charge in [-0.3, -0.25) is 9.78 Å². The Morgan fingerprint density at radius 2 is 1.97 bits per heavy atom. The zero-order valence-electron chi connectivity index (χ0n) is 18.9. The van der Waals surface area contributed by atoms with Gasteiger partial charge in [-0.15, -0.1) is 15.3 Å². The first-order chi connectivity index (χ1) is 17.5. The van der Waals surface area contributed by atoms with E-state index in [0.29, 0.717) is 29.3 Å². The Morgan fingerprint density at radius 1 is 1.11 bits per heavy atom. The third-order valence-electron chi connectivity index (χ3n) is 5.14. The molecule has 0 fully saturated rings. The second-order valence-electron chi connectivity index (χ2n) is 7.54. The molecule has 5 rings (SSSR count). The van der Waals surface area contributed by atoms with Crippen molar-refractivity contribution in [3.8, 4) is 11.5 Å². The number of halogens is 2. The summed E-state index contributed by atoms with van der Waals surface area (Å²) in [7, 11) is 0. The minimum Gasteiger partial charge on any atom is -0.423 e. The van der Waals surface area contributed by atoms with Crippen LogP contribution in [0.3, 0.4) is 0 Å². The second kappa shape index (κ2) is 9.82. The first-order valence-electron chi connectivity index (χ1n) is 10.9. The van der Waals surface area contributed by atoms with E-state index in [1.165, 1.54) is 24.5 Å². The molecule has 5 heterocycles. The maximum Gasteiger partial charge on any atom is 0.280 e. The molecule has 36 heavy (non-hydrogen) atoms. The lowest BCUT2D eigenvalue weighted by Gasteiger charge is -2.13. The van der Waals surface area contributed by atoms with E-state index in [4.69, 9.17) is 4.42 Å². The molecule has 0 saturated heterocycles. The number of hydrogen-bond donors (Lipinski definition) is 2. The van der Waals surface area contributed by atoms with Crippen LogP contribution in [0.5, 0.6) is 0 Å². The Kier molecular flexibility index (Phi) is 6.26. The molecule has 0 saturated carbocycles. The fourth-order valence-corrected chi connectivity index (χ4v) is 3.40. The van der Waals surface area contributed by atoms with Crippen molar-refractivity contribution >= 4 is 22.9 Å². The van der Waals surface area contributed by atoms with Gasteiger partial charge in [-0.25, -0.2) is 23.3 Å². The van der Waals surface area contributed by atoms with Crippen LogP contribution in [0.1, 0.15) is 41.2 Å². The molecule has 0 bridgehead atoms. The summed E-state index contributed by atoms with van der Waals surface area (Å²) >= 11 is 0. The Bertz CT molecular complexity index is 1530. The largest absolute Gasteiger partial charge is 0.423 e. The predicted octanol–water partition coefficient (Wildman–Crippen LogP) is 3.74. The van der Waals surface area contributed by atoms with Gasteiger partial charge in [0, 0.05) is 25.0 Å². The molecule has 0 spiro atoms. The monoisotopic (exact) mass is 491 g/mol. The predicted molar refractivity (Wildman–Crippen MR) is 124 cm³/mol. The molecular weight excluding hydrogens is 472 g/mol. The fraction of sp³-hybridized carbons (Fsp3) is 0.174. The second-order valence-corrected chi connectivity index (χ2v) is 7.54. The number of pyridine rings is 2. The number of nitrogens with one attached hydrogen (secondary N) is 2. The Balaban J connectivity index is 1.44. The molecule has 0 radical (unpaired) electrons. The van der Waals surface area contributed by atoms with Gasteiger partial charge < -0.3 is 15.1 Å². The number of hydrogen-bond acceptors (Lipinski definition) is 9. The van der Waals surface area contributed by atoms with Gasteiger partial charge in [-0.05, 0) is 30.3 Å². The zero-order chi connectivity index (χ0) is 25.1. The Hall–Kier alpha value is -4.81. The number of alkyl halides is 2. The molecule has 0 aliphatic carbocycles. The van der Waals surface area contributed by atoms with E-state index < -0.39 is 12.3 Å². The molecule has 13 heteroatoms. The zero-order valence-corrected chi connectivity index (χ0v) is 18.9. The molecule has 11 nitrogen and oxygen atoms in total. The van der Waals surface area contributed by atoms with Crippen molar-refractivity contribution in [2.24, 2.45) is 0 Å². The fourth-order valence-electron chi connectivity index (χ4n) is 3.40. The van der Waals surface area contributed by atoms with Crippen molar-refractivity contribution in [2.45, 2.75) is 26.3 Å². The molecule has 2 N–H and O–H groups in total. The highest BCUT2D eigenvalue weighted by molar-refractivity contribution is 6.00. The SMILES string of the molecule is CCc1nnc(CNC(=O)c2cnccc2Nc2nc(-c3cccc(C(F)F)n3)nn3cccc23)o1. The highest BCUT2D eigenvalue weighted by atomic mass is 19.3. The molecule has 0 unspecified atom stereocenters. The standard InChI is InChI=1S/C23H19F2N9O2/c1-2-18-31-32-19(36-18)12-27-23(35)13-11-26-9-8-14(13)29-22-17-7-4-10-34(17)33-21(30-22)16-6-3-5-15(28-16)20(24)25/h3-11,20H,2,12H2,1H3,(H,27,35)(H,26,29,30,33). The summed E-state index contributed by atoms with van der Waals surface area (Å²) in [6.45, 7) is 1.93. The van der Waals surface area contributed by atoms with E-state index in [1.54, 1.807) is 35.0 Å². The minimum absolute atomic E-state index is 0.0485. The van der Waals surface area contributed by atoms with Gasteiger partial charge in [0.2, 0.25) is 17.6 Å². The summed E-state index contributed by atoms with van der Waals surface area (Å²) in [5.41, 5.74) is 1.08. The number of aromatic nitrogens is 7. The van der Waals surface area contributed by atoms with Crippen LogP contribution in [0, 0.1) is 0 Å². The van der Waals surface area contributed by atoms with Crippen LogP contribution in [-0.4, -0.2) is 40.7 Å². The van der Waals surface area contributed by atoms with Crippen molar-refractivity contribution in [2.75, 3.05) is 5.32 Å². The lowest BCUT2D eigenvalue weighted by atomic mass is 10.2. The number of rotatable bonds is 8. The maximum atomic E-state index is 13.2. The average molecular weight is 491 g/mol. The lowest BCUT2D eigenvalue weighted by Crippen LogP contribution is -2.24. The van der Waals surface area contributed by atoms with Crippen molar-refractivity contribution in [3.05, 3.63) is 78.0 Å². The highest BCUT2D eigenvalue weighted by Gasteiger charge is 2.17. The Morgan fingerprint density at radius 3 is 2.78 bits per heavy atom. The molecule has 0 atom stereocenters. The van der Waals surface area contributed by atoms with Crippen LogP contribution in [0.15, 0.2) is 59.4 Å². The number of anilines is 2. The molecule has 182 valence electrons. The topological polar surface area (TPSA) is 136 Å². The normalized spacial score (nSPS) is 11.2. The van der Waals surface area contributed by atoms with E-state index in [9.17, 15) is 13.6 Å². The molecular formula is C23H19F2N9O2. The molecule has 0 aliphatic heterocycles. The smallest absolute Gasteiger partial charge is 0.280 e. The van der Waals surface area contributed by atoms with E-state index >= 15 is 0 Å². The number of carbonyl (C=O) groups is 1. The number of nitrogens with zero attached hydrogens (tertiary/aromatic N) is 7. The van der Waals surface area contributed by atoms with Gasteiger partial charge in [0.15, 0.2) is 5.82 Å². The number of carbonyl (C=O) groups excluding carboxylic acids is 1. The quantitative estimate of drug-likeness (QED) is 0.333. The first-order valence-corrected chi connectivity index (χ1v) is 10.9. The van der Waals surface area contributed by atoms with Gasteiger partial charge in [0.1, 0.15) is 16.9 Å². The van der Waals surface area contributed by atoms with E-state index in [-0.39, 0.29) is 35.2 Å². The van der Waals surface area contributed by atoms with Crippen LogP contribution < -0.4 is 10.6 Å². The number of aryl methyl sites for hydroxylation is 1. The molecule has 5 aromatic heterocycles. The first kappa shape index (κ1) is 23.0. The van der Waals surface area contributed by atoms with E-state index in [2.05, 4.69) is 40.9 Å². The van der Waals surface area contributed by atoms with Crippen LogP contribution in [0.25, 0.3) is 17.0 Å². The molecule has 1 amide bonds.